The topological polar surface area (TPSA) is 59.6 Å². The summed E-state index contributed by atoms with van der Waals surface area (Å²) >= 11 is 0. The second-order valence-electron chi connectivity index (χ2n) is 5.37. The van der Waals surface area contributed by atoms with Crippen LogP contribution in [0.5, 0.6) is 5.75 Å². The lowest BCUT2D eigenvalue weighted by molar-refractivity contribution is -0.137. The number of carbonyl (C=O) groups is 1. The monoisotopic (exact) mass is 368 g/mol. The Morgan fingerprint density at radius 2 is 1.81 bits per heavy atom. The van der Waals surface area contributed by atoms with Crippen molar-refractivity contribution >= 4 is 11.7 Å². The van der Waals surface area contributed by atoms with Crippen LogP contribution in [-0.2, 0) is 17.5 Å². The molecule has 8 heteroatoms. The number of rotatable bonds is 7. The number of carbonyl (C=O) groups excluding carboxylic acids is 1. The zero-order chi connectivity index (χ0) is 19.0. The molecule has 0 aliphatic carbocycles. The van der Waals surface area contributed by atoms with E-state index in [9.17, 15) is 18.0 Å². The zero-order valence-corrected chi connectivity index (χ0v) is 14.1. The van der Waals surface area contributed by atoms with Gasteiger partial charge in [0.15, 0.2) is 0 Å². The summed E-state index contributed by atoms with van der Waals surface area (Å²) in [4.78, 5) is 11.8. The summed E-state index contributed by atoms with van der Waals surface area (Å²) in [5, 5.41) is 4.97. The Balaban J connectivity index is 1.83. The maximum absolute atomic E-state index is 12.7. The van der Waals surface area contributed by atoms with Crippen molar-refractivity contribution in [3.63, 3.8) is 0 Å². The number of amides is 2. The molecule has 0 aliphatic rings. The molecule has 0 saturated heterocycles. The van der Waals surface area contributed by atoms with Gasteiger partial charge in [-0.3, -0.25) is 0 Å². The fourth-order valence-corrected chi connectivity index (χ4v) is 2.08. The number of nitrogens with one attached hydrogen (secondary N) is 2. The molecule has 0 spiro atoms. The molecule has 0 atom stereocenters. The minimum absolute atomic E-state index is 0.0687. The van der Waals surface area contributed by atoms with E-state index >= 15 is 0 Å². The highest BCUT2D eigenvalue weighted by atomic mass is 19.4. The van der Waals surface area contributed by atoms with Crippen LogP contribution in [0.2, 0.25) is 0 Å². The van der Waals surface area contributed by atoms with Gasteiger partial charge in [0.2, 0.25) is 0 Å². The van der Waals surface area contributed by atoms with Gasteiger partial charge in [-0.05, 0) is 35.9 Å². The van der Waals surface area contributed by atoms with E-state index in [-0.39, 0.29) is 12.2 Å². The van der Waals surface area contributed by atoms with E-state index in [1.807, 2.05) is 0 Å². The van der Waals surface area contributed by atoms with E-state index in [0.717, 1.165) is 17.7 Å². The highest BCUT2D eigenvalue weighted by Crippen LogP contribution is 2.30. The summed E-state index contributed by atoms with van der Waals surface area (Å²) in [6.07, 6.45) is -4.46. The average molecular weight is 368 g/mol. The molecule has 0 heterocycles. The van der Waals surface area contributed by atoms with Gasteiger partial charge in [0.05, 0.1) is 12.2 Å². The molecular weight excluding hydrogens is 349 g/mol. The molecule has 0 aromatic heterocycles. The number of hydrogen-bond acceptors (Lipinski definition) is 3. The lowest BCUT2D eigenvalue weighted by Crippen LogP contribution is -2.28. The zero-order valence-electron chi connectivity index (χ0n) is 14.1. The molecule has 140 valence electrons. The Morgan fingerprint density at radius 1 is 1.08 bits per heavy atom. The van der Waals surface area contributed by atoms with Gasteiger partial charge in [-0.2, -0.15) is 13.2 Å². The third kappa shape index (κ3) is 6.29. The number of halogens is 3. The third-order valence-electron chi connectivity index (χ3n) is 3.38. The number of hydrogen-bond donors (Lipinski definition) is 2. The van der Waals surface area contributed by atoms with Gasteiger partial charge in [-0.15, -0.1) is 0 Å². The summed E-state index contributed by atoms with van der Waals surface area (Å²) in [6.45, 7) is 1.15. The van der Waals surface area contributed by atoms with Crippen LogP contribution in [-0.4, -0.2) is 26.4 Å². The van der Waals surface area contributed by atoms with E-state index in [1.165, 1.54) is 12.1 Å². The van der Waals surface area contributed by atoms with Gasteiger partial charge in [0.25, 0.3) is 0 Å². The number of methoxy groups -OCH3 is 1. The van der Waals surface area contributed by atoms with Crippen LogP contribution in [0, 0.1) is 0 Å². The molecule has 0 fully saturated rings. The van der Waals surface area contributed by atoms with Crippen molar-refractivity contribution in [3.8, 4) is 5.75 Å². The second kappa shape index (κ2) is 9.10. The van der Waals surface area contributed by atoms with Crippen molar-refractivity contribution in [2.45, 2.75) is 12.7 Å². The second-order valence-corrected chi connectivity index (χ2v) is 5.37. The van der Waals surface area contributed by atoms with Crippen molar-refractivity contribution < 1.29 is 27.4 Å². The van der Waals surface area contributed by atoms with E-state index in [0.29, 0.717) is 19.0 Å². The predicted octanol–water partition coefficient (Wildman–Crippen LogP) is 4.05. The van der Waals surface area contributed by atoms with E-state index in [2.05, 4.69) is 10.6 Å². The van der Waals surface area contributed by atoms with Crippen LogP contribution < -0.4 is 15.4 Å². The van der Waals surface area contributed by atoms with Crippen LogP contribution in [0.4, 0.5) is 23.7 Å². The van der Waals surface area contributed by atoms with Crippen molar-refractivity contribution in [1.82, 2.24) is 5.32 Å². The Labute approximate surface area is 149 Å². The SMILES string of the molecule is COCCOc1ccc(CNC(=O)Nc2cccc(C(F)(F)F)c2)cc1. The number of ether oxygens (including phenoxy) is 2. The smallest absolute Gasteiger partial charge is 0.416 e. The third-order valence-corrected chi connectivity index (χ3v) is 3.38. The summed E-state index contributed by atoms with van der Waals surface area (Å²) in [7, 11) is 1.59. The molecule has 2 rings (SSSR count). The van der Waals surface area contributed by atoms with Crippen LogP contribution >= 0.6 is 0 Å². The van der Waals surface area contributed by atoms with Gasteiger partial charge in [-0.25, -0.2) is 4.79 Å². The Hall–Kier alpha value is -2.74. The number of alkyl halides is 3. The predicted molar refractivity (Wildman–Crippen MR) is 91.1 cm³/mol. The molecule has 2 aromatic carbocycles. The summed E-state index contributed by atoms with van der Waals surface area (Å²) in [6, 6.07) is 10.9. The molecular formula is C18H19F3N2O3. The fraction of sp³-hybridized carbons (Fsp3) is 0.278. The normalized spacial score (nSPS) is 11.1. The quantitative estimate of drug-likeness (QED) is 0.725. The van der Waals surface area contributed by atoms with Crippen LogP contribution in [0.1, 0.15) is 11.1 Å². The fourth-order valence-electron chi connectivity index (χ4n) is 2.08. The van der Waals surface area contributed by atoms with Gasteiger partial charge < -0.3 is 20.1 Å². The average Bonchev–Trinajstić information content (AvgIpc) is 2.61. The molecule has 0 saturated carbocycles. The van der Waals surface area contributed by atoms with Gasteiger partial charge in [0.1, 0.15) is 12.4 Å². The van der Waals surface area contributed by atoms with Crippen molar-refractivity contribution in [2.75, 3.05) is 25.6 Å². The number of benzene rings is 2. The standard InChI is InChI=1S/C18H19F3N2O3/c1-25-9-10-26-16-7-5-13(6-8-16)12-22-17(24)23-15-4-2-3-14(11-15)18(19,20)21/h2-8,11H,9-10,12H2,1H3,(H2,22,23,24). The first-order valence-corrected chi connectivity index (χ1v) is 7.81. The molecule has 5 nitrogen and oxygen atoms in total. The minimum Gasteiger partial charge on any atom is -0.491 e. The van der Waals surface area contributed by atoms with E-state index in [4.69, 9.17) is 9.47 Å². The molecule has 2 N–H and O–H groups in total. The lowest BCUT2D eigenvalue weighted by atomic mass is 10.2. The van der Waals surface area contributed by atoms with Gasteiger partial charge in [-0.1, -0.05) is 18.2 Å². The Bertz CT molecular complexity index is 718. The first kappa shape index (κ1) is 19.6. The first-order chi connectivity index (χ1) is 12.4. The van der Waals surface area contributed by atoms with Crippen LogP contribution in [0.15, 0.2) is 48.5 Å². The molecule has 0 aliphatic heterocycles. The Kier molecular flexibility index (Phi) is 6.85. The number of urea groups is 1. The van der Waals surface area contributed by atoms with Crippen molar-refractivity contribution in [3.05, 3.63) is 59.7 Å². The largest absolute Gasteiger partial charge is 0.491 e. The van der Waals surface area contributed by atoms with E-state index < -0.39 is 17.8 Å². The Morgan fingerprint density at radius 3 is 2.46 bits per heavy atom. The summed E-state index contributed by atoms with van der Waals surface area (Å²) in [5.74, 6) is 0.680. The minimum atomic E-state index is -4.46. The lowest BCUT2D eigenvalue weighted by Gasteiger charge is -2.11. The molecule has 2 amide bonds. The maximum atomic E-state index is 12.7. The summed E-state index contributed by atoms with van der Waals surface area (Å²) < 4.78 is 48.3. The highest BCUT2D eigenvalue weighted by molar-refractivity contribution is 5.89. The molecule has 0 bridgehead atoms. The first-order valence-electron chi connectivity index (χ1n) is 7.81. The van der Waals surface area contributed by atoms with Crippen molar-refractivity contribution in [1.29, 1.82) is 0 Å². The molecule has 0 radical (unpaired) electrons. The molecule has 26 heavy (non-hydrogen) atoms. The molecule has 2 aromatic rings. The van der Waals surface area contributed by atoms with Gasteiger partial charge >= 0.3 is 12.2 Å². The van der Waals surface area contributed by atoms with Crippen LogP contribution in [0.25, 0.3) is 0 Å². The van der Waals surface area contributed by atoms with Crippen LogP contribution in [0.3, 0.4) is 0 Å². The molecule has 0 unspecified atom stereocenters. The number of anilines is 1. The van der Waals surface area contributed by atoms with Gasteiger partial charge in [0, 0.05) is 19.3 Å². The summed E-state index contributed by atoms with van der Waals surface area (Å²) in [5.41, 5.74) is 0.0712. The van der Waals surface area contributed by atoms with Crippen molar-refractivity contribution in [2.24, 2.45) is 0 Å². The highest BCUT2D eigenvalue weighted by Gasteiger charge is 2.30. The maximum Gasteiger partial charge on any atom is 0.416 e. The van der Waals surface area contributed by atoms with E-state index in [1.54, 1.807) is 31.4 Å².